The van der Waals surface area contributed by atoms with Crippen molar-refractivity contribution in [3.63, 3.8) is 0 Å². The molecule has 10 heteroatoms. The summed E-state index contributed by atoms with van der Waals surface area (Å²) in [6.07, 6.45) is 6.69. The second-order valence-electron chi connectivity index (χ2n) is 6.93. The largest absolute Gasteiger partial charge is 0.496 e. The lowest BCUT2D eigenvalue weighted by Gasteiger charge is -2.27. The summed E-state index contributed by atoms with van der Waals surface area (Å²) in [5, 5.41) is 15.7. The van der Waals surface area contributed by atoms with Gasteiger partial charge in [-0.3, -0.25) is 9.48 Å². The van der Waals surface area contributed by atoms with E-state index < -0.39 is 0 Å². The van der Waals surface area contributed by atoms with Crippen LogP contribution in [0.15, 0.2) is 49.1 Å². The van der Waals surface area contributed by atoms with Crippen molar-refractivity contribution in [2.24, 2.45) is 0 Å². The zero-order valence-corrected chi connectivity index (χ0v) is 16.8. The van der Waals surface area contributed by atoms with Crippen molar-refractivity contribution in [2.75, 3.05) is 25.5 Å². The van der Waals surface area contributed by atoms with Crippen LogP contribution in [0.2, 0.25) is 5.02 Å². The van der Waals surface area contributed by atoms with E-state index in [9.17, 15) is 4.79 Å². The molecular weight excluding hydrogens is 406 g/mol. The SMILES string of the molecule is COc1ccc(Cl)cc1-c1nn(C2CNC2)cc1NC(=O)c1cnn2cccnc12. The van der Waals surface area contributed by atoms with Crippen molar-refractivity contribution < 1.29 is 9.53 Å². The number of halogens is 1. The van der Waals surface area contributed by atoms with Gasteiger partial charge in [-0.2, -0.15) is 10.2 Å². The van der Waals surface area contributed by atoms with E-state index in [0.717, 1.165) is 13.1 Å². The number of nitrogens with zero attached hydrogens (tertiary/aromatic N) is 5. The number of ether oxygens (including phenoxy) is 1. The Bertz CT molecular complexity index is 1250. The lowest BCUT2D eigenvalue weighted by atomic mass is 10.1. The number of fused-ring (bicyclic) bond motifs is 1. The molecule has 1 fully saturated rings. The average molecular weight is 424 g/mol. The number of hydrogen-bond acceptors (Lipinski definition) is 6. The first-order valence-corrected chi connectivity index (χ1v) is 9.75. The minimum atomic E-state index is -0.322. The van der Waals surface area contributed by atoms with Gasteiger partial charge in [-0.25, -0.2) is 9.50 Å². The van der Waals surface area contributed by atoms with Crippen molar-refractivity contribution in [1.29, 1.82) is 0 Å². The Kier molecular flexibility index (Phi) is 4.61. The summed E-state index contributed by atoms with van der Waals surface area (Å²) < 4.78 is 8.91. The number of amides is 1. The van der Waals surface area contributed by atoms with Gasteiger partial charge in [-0.15, -0.1) is 0 Å². The van der Waals surface area contributed by atoms with Crippen LogP contribution in [-0.4, -0.2) is 50.5 Å². The minimum Gasteiger partial charge on any atom is -0.496 e. The molecule has 152 valence electrons. The highest BCUT2D eigenvalue weighted by Gasteiger charge is 2.25. The van der Waals surface area contributed by atoms with Gasteiger partial charge >= 0.3 is 0 Å². The van der Waals surface area contributed by atoms with E-state index in [2.05, 4.69) is 20.7 Å². The zero-order chi connectivity index (χ0) is 20.7. The number of hydrogen-bond donors (Lipinski definition) is 2. The maximum atomic E-state index is 13.0. The Balaban J connectivity index is 1.56. The number of nitrogens with one attached hydrogen (secondary N) is 2. The molecule has 0 saturated carbocycles. The Morgan fingerprint density at radius 3 is 3.00 bits per heavy atom. The highest BCUT2D eigenvalue weighted by Crippen LogP contribution is 2.37. The second-order valence-corrected chi connectivity index (χ2v) is 7.36. The number of carbonyl (C=O) groups excluding carboxylic acids is 1. The molecule has 4 heterocycles. The third-order valence-corrected chi connectivity index (χ3v) is 5.29. The Labute approximate surface area is 176 Å². The lowest BCUT2D eigenvalue weighted by molar-refractivity contribution is 0.102. The summed E-state index contributed by atoms with van der Waals surface area (Å²) in [7, 11) is 1.59. The number of rotatable bonds is 5. The Hall–Kier alpha value is -3.43. The summed E-state index contributed by atoms with van der Waals surface area (Å²) >= 11 is 6.23. The van der Waals surface area contributed by atoms with Gasteiger partial charge in [0.25, 0.3) is 5.91 Å². The molecular formula is C20H18ClN7O2. The van der Waals surface area contributed by atoms with Gasteiger partial charge in [-0.05, 0) is 24.3 Å². The van der Waals surface area contributed by atoms with E-state index in [1.807, 2.05) is 10.9 Å². The van der Waals surface area contributed by atoms with Gasteiger partial charge in [0.15, 0.2) is 5.65 Å². The number of carbonyl (C=O) groups is 1. The van der Waals surface area contributed by atoms with Gasteiger partial charge in [0, 0.05) is 42.3 Å². The van der Waals surface area contributed by atoms with Gasteiger partial charge in [0.05, 0.1) is 25.0 Å². The van der Waals surface area contributed by atoms with Crippen LogP contribution in [0.5, 0.6) is 5.75 Å². The quantitative estimate of drug-likeness (QED) is 0.512. The van der Waals surface area contributed by atoms with Crippen LogP contribution in [0.3, 0.4) is 0 Å². The Morgan fingerprint density at radius 1 is 1.37 bits per heavy atom. The molecule has 0 aliphatic carbocycles. The van der Waals surface area contributed by atoms with E-state index >= 15 is 0 Å². The van der Waals surface area contributed by atoms with Crippen molar-refractivity contribution >= 4 is 28.8 Å². The highest BCUT2D eigenvalue weighted by atomic mass is 35.5. The van der Waals surface area contributed by atoms with Crippen molar-refractivity contribution in [2.45, 2.75) is 6.04 Å². The first-order valence-electron chi connectivity index (χ1n) is 9.37. The summed E-state index contributed by atoms with van der Waals surface area (Å²) in [4.78, 5) is 17.3. The molecule has 2 N–H and O–H groups in total. The van der Waals surface area contributed by atoms with Crippen molar-refractivity contribution in [1.82, 2.24) is 29.7 Å². The third-order valence-electron chi connectivity index (χ3n) is 5.05. The van der Waals surface area contributed by atoms with Crippen LogP contribution in [0.1, 0.15) is 16.4 Å². The van der Waals surface area contributed by atoms with Gasteiger partial charge in [-0.1, -0.05) is 11.6 Å². The molecule has 5 rings (SSSR count). The normalized spacial score (nSPS) is 13.9. The molecule has 1 amide bonds. The van der Waals surface area contributed by atoms with Crippen LogP contribution >= 0.6 is 11.6 Å². The summed E-state index contributed by atoms with van der Waals surface area (Å²) in [5.74, 6) is 0.293. The fourth-order valence-electron chi connectivity index (χ4n) is 3.37. The van der Waals surface area contributed by atoms with Crippen LogP contribution in [0.4, 0.5) is 5.69 Å². The maximum absolute atomic E-state index is 13.0. The molecule has 4 aromatic rings. The van der Waals surface area contributed by atoms with Crippen molar-refractivity contribution in [3.8, 4) is 17.0 Å². The van der Waals surface area contributed by atoms with E-state index in [0.29, 0.717) is 38.9 Å². The molecule has 1 aliphatic heterocycles. The standard InChI is InChI=1S/C20H18ClN7O2/c1-30-17-4-3-12(21)7-14(17)18-16(11-28(26-18)13-8-22-9-13)25-20(29)15-10-24-27-6-2-5-23-19(15)27/h2-7,10-11,13,22H,8-9H2,1H3,(H,25,29). The summed E-state index contributed by atoms with van der Waals surface area (Å²) in [6, 6.07) is 7.28. The smallest absolute Gasteiger partial charge is 0.261 e. The highest BCUT2D eigenvalue weighted by molar-refractivity contribution is 6.31. The molecule has 3 aromatic heterocycles. The topological polar surface area (TPSA) is 98.4 Å². The predicted octanol–water partition coefficient (Wildman–Crippen LogP) is 2.65. The first kappa shape index (κ1) is 18.6. The lowest BCUT2D eigenvalue weighted by Crippen LogP contribution is -2.43. The number of anilines is 1. The summed E-state index contributed by atoms with van der Waals surface area (Å²) in [6.45, 7) is 1.64. The molecule has 30 heavy (non-hydrogen) atoms. The van der Waals surface area contributed by atoms with Crippen molar-refractivity contribution in [3.05, 3.63) is 59.6 Å². The molecule has 0 radical (unpaired) electrons. The molecule has 1 aromatic carbocycles. The van der Waals surface area contributed by atoms with Crippen LogP contribution < -0.4 is 15.4 Å². The monoisotopic (exact) mass is 423 g/mol. The summed E-state index contributed by atoms with van der Waals surface area (Å²) in [5.41, 5.74) is 2.69. The molecule has 0 bridgehead atoms. The maximum Gasteiger partial charge on any atom is 0.261 e. The van der Waals surface area contributed by atoms with Gasteiger partial charge in [0.1, 0.15) is 17.0 Å². The fourth-order valence-corrected chi connectivity index (χ4v) is 3.54. The van der Waals surface area contributed by atoms with Gasteiger partial charge < -0.3 is 15.4 Å². The molecule has 1 saturated heterocycles. The van der Waals surface area contributed by atoms with E-state index in [4.69, 9.17) is 21.4 Å². The molecule has 1 aliphatic rings. The molecule has 0 unspecified atom stereocenters. The number of benzene rings is 1. The molecule has 9 nitrogen and oxygen atoms in total. The third kappa shape index (κ3) is 3.17. The van der Waals surface area contributed by atoms with Crippen LogP contribution in [-0.2, 0) is 0 Å². The van der Waals surface area contributed by atoms with E-state index in [-0.39, 0.29) is 11.9 Å². The first-order chi connectivity index (χ1) is 14.6. The van der Waals surface area contributed by atoms with Crippen LogP contribution in [0, 0.1) is 0 Å². The fraction of sp³-hybridized carbons (Fsp3) is 0.200. The Morgan fingerprint density at radius 2 is 2.23 bits per heavy atom. The molecule has 0 spiro atoms. The minimum absolute atomic E-state index is 0.221. The zero-order valence-electron chi connectivity index (χ0n) is 16.0. The average Bonchev–Trinajstić information content (AvgIpc) is 3.31. The van der Waals surface area contributed by atoms with Crippen LogP contribution in [0.25, 0.3) is 16.9 Å². The second kappa shape index (κ2) is 7.43. The van der Waals surface area contributed by atoms with E-state index in [1.165, 1.54) is 6.20 Å². The predicted molar refractivity (Wildman–Crippen MR) is 112 cm³/mol. The van der Waals surface area contributed by atoms with E-state index in [1.54, 1.807) is 48.3 Å². The number of methoxy groups -OCH3 is 1. The molecule has 0 atom stereocenters. The van der Waals surface area contributed by atoms with Gasteiger partial charge in [0.2, 0.25) is 0 Å². The number of aromatic nitrogens is 5.